The molecule has 0 aliphatic heterocycles. The third kappa shape index (κ3) is 7.97. The predicted octanol–water partition coefficient (Wildman–Crippen LogP) is 5.48. The number of rotatable bonds is 11. The van der Waals surface area contributed by atoms with Crippen molar-refractivity contribution in [3.63, 3.8) is 0 Å². The van der Waals surface area contributed by atoms with Crippen molar-refractivity contribution in [2.45, 2.75) is 51.1 Å². The molecule has 0 radical (unpaired) electrons. The van der Waals surface area contributed by atoms with Crippen LogP contribution in [0.5, 0.6) is 0 Å². The van der Waals surface area contributed by atoms with Crippen LogP contribution in [0.25, 0.3) is 0 Å². The van der Waals surface area contributed by atoms with Gasteiger partial charge in [-0.3, -0.25) is 13.9 Å². The molecule has 0 spiro atoms. The number of carbonyl (C=O) groups is 2. The van der Waals surface area contributed by atoms with E-state index in [4.69, 9.17) is 23.2 Å². The van der Waals surface area contributed by atoms with Crippen molar-refractivity contribution in [1.29, 1.82) is 0 Å². The molecule has 3 aromatic carbocycles. The molecule has 3 aromatic rings. The minimum Gasteiger partial charge on any atom is -0.352 e. The second-order valence-electron chi connectivity index (χ2n) is 9.59. The number of nitrogens with one attached hydrogen (secondary N) is 1. The summed E-state index contributed by atoms with van der Waals surface area (Å²) in [7, 11) is -4.18. The number of aryl methyl sites for hydroxylation is 1. The molecule has 1 N–H and O–H groups in total. The highest BCUT2D eigenvalue weighted by Crippen LogP contribution is 2.31. The minimum absolute atomic E-state index is 0.0217. The molecule has 1 unspecified atom stereocenters. The van der Waals surface area contributed by atoms with Gasteiger partial charge in [0.05, 0.1) is 20.6 Å². The highest BCUT2D eigenvalue weighted by Gasteiger charge is 2.32. The number of halogens is 2. The predicted molar refractivity (Wildman–Crippen MR) is 157 cm³/mol. The van der Waals surface area contributed by atoms with E-state index in [1.165, 1.54) is 35.2 Å². The van der Waals surface area contributed by atoms with E-state index >= 15 is 0 Å². The fourth-order valence-corrected chi connectivity index (χ4v) is 5.68. The molecule has 0 bridgehead atoms. The Hall–Kier alpha value is -3.07. The lowest BCUT2D eigenvalue weighted by Crippen LogP contribution is -2.53. The van der Waals surface area contributed by atoms with Crippen molar-refractivity contribution in [2.75, 3.05) is 17.4 Å². The first-order valence-electron chi connectivity index (χ1n) is 12.6. The lowest BCUT2D eigenvalue weighted by molar-refractivity contribution is -0.139. The quantitative estimate of drug-likeness (QED) is 0.321. The summed E-state index contributed by atoms with van der Waals surface area (Å²) in [6.07, 6.45) is 0.489. The Morgan fingerprint density at radius 2 is 1.54 bits per heavy atom. The van der Waals surface area contributed by atoms with E-state index in [-0.39, 0.29) is 39.1 Å². The van der Waals surface area contributed by atoms with Gasteiger partial charge in [-0.15, -0.1) is 0 Å². The molecule has 0 saturated heterocycles. The summed E-state index contributed by atoms with van der Waals surface area (Å²) in [6.45, 7) is 6.84. The Labute approximate surface area is 240 Å². The standard InChI is InChI=1S/C29H33Cl2N3O4S/c1-20(2)32-29(36)22(4)33(17-16-23-8-6-5-7-9-23)28(35)19-34(24-12-15-26(30)27(31)18-24)39(37,38)25-13-10-21(3)11-14-25/h5-15,18,20,22H,16-17,19H2,1-4H3,(H,32,36). The molecule has 0 saturated carbocycles. The van der Waals surface area contributed by atoms with E-state index in [1.807, 2.05) is 51.1 Å². The second-order valence-corrected chi connectivity index (χ2v) is 12.3. The van der Waals surface area contributed by atoms with Gasteiger partial charge in [0.2, 0.25) is 11.8 Å². The normalized spacial score (nSPS) is 12.2. The summed E-state index contributed by atoms with van der Waals surface area (Å²) in [4.78, 5) is 28.2. The van der Waals surface area contributed by atoms with Crippen molar-refractivity contribution in [1.82, 2.24) is 10.2 Å². The van der Waals surface area contributed by atoms with E-state index in [1.54, 1.807) is 19.1 Å². The van der Waals surface area contributed by atoms with Crippen LogP contribution in [0.4, 0.5) is 5.69 Å². The highest BCUT2D eigenvalue weighted by atomic mass is 35.5. The van der Waals surface area contributed by atoms with E-state index < -0.39 is 28.5 Å². The number of benzene rings is 3. The summed E-state index contributed by atoms with van der Waals surface area (Å²) >= 11 is 12.3. The molecule has 1 atom stereocenters. The first-order valence-corrected chi connectivity index (χ1v) is 14.8. The lowest BCUT2D eigenvalue weighted by Gasteiger charge is -2.32. The van der Waals surface area contributed by atoms with Crippen LogP contribution in [0.3, 0.4) is 0 Å². The van der Waals surface area contributed by atoms with Gasteiger partial charge in [0.15, 0.2) is 0 Å². The largest absolute Gasteiger partial charge is 0.352 e. The Morgan fingerprint density at radius 3 is 2.13 bits per heavy atom. The summed E-state index contributed by atoms with van der Waals surface area (Å²) in [6, 6.07) is 19.4. The van der Waals surface area contributed by atoms with Crippen molar-refractivity contribution in [3.05, 3.63) is 94.0 Å². The van der Waals surface area contributed by atoms with E-state index in [0.717, 1.165) is 15.4 Å². The molecule has 0 aliphatic carbocycles. The Kier molecular flexibility index (Phi) is 10.4. The summed E-state index contributed by atoms with van der Waals surface area (Å²) in [5.74, 6) is -0.854. The van der Waals surface area contributed by atoms with Crippen LogP contribution in [0.1, 0.15) is 31.9 Å². The molecule has 10 heteroatoms. The summed E-state index contributed by atoms with van der Waals surface area (Å²) in [5.41, 5.74) is 2.06. The molecule has 0 fully saturated rings. The number of carbonyl (C=O) groups excluding carboxylic acids is 2. The maximum Gasteiger partial charge on any atom is 0.264 e. The monoisotopic (exact) mass is 589 g/mol. The molecule has 0 heterocycles. The maximum absolute atomic E-state index is 13.8. The third-order valence-corrected chi connectivity index (χ3v) is 8.69. The third-order valence-electron chi connectivity index (χ3n) is 6.16. The first-order chi connectivity index (χ1) is 18.4. The Balaban J connectivity index is 2.00. The zero-order chi connectivity index (χ0) is 28.7. The zero-order valence-corrected chi connectivity index (χ0v) is 24.7. The molecular weight excluding hydrogens is 557 g/mol. The Morgan fingerprint density at radius 1 is 0.897 bits per heavy atom. The Bertz CT molecular complexity index is 1400. The molecule has 7 nitrogen and oxygen atoms in total. The summed E-state index contributed by atoms with van der Waals surface area (Å²) in [5, 5.41) is 3.24. The molecule has 0 aromatic heterocycles. The second kappa shape index (κ2) is 13.3. The van der Waals surface area contributed by atoms with Gasteiger partial charge < -0.3 is 10.2 Å². The van der Waals surface area contributed by atoms with Crippen LogP contribution < -0.4 is 9.62 Å². The first kappa shape index (κ1) is 30.5. The zero-order valence-electron chi connectivity index (χ0n) is 22.4. The van der Waals surface area contributed by atoms with Crippen molar-refractivity contribution < 1.29 is 18.0 Å². The van der Waals surface area contributed by atoms with Gasteiger partial charge in [0.25, 0.3) is 10.0 Å². The van der Waals surface area contributed by atoms with Gasteiger partial charge >= 0.3 is 0 Å². The van der Waals surface area contributed by atoms with E-state index in [2.05, 4.69) is 5.32 Å². The van der Waals surface area contributed by atoms with Gasteiger partial charge in [-0.2, -0.15) is 0 Å². The van der Waals surface area contributed by atoms with Crippen molar-refractivity contribution in [3.8, 4) is 0 Å². The molecule has 2 amide bonds. The number of hydrogen-bond donors (Lipinski definition) is 1. The van der Waals surface area contributed by atoms with Gasteiger partial charge in [-0.25, -0.2) is 8.42 Å². The average molecular weight is 591 g/mol. The maximum atomic E-state index is 13.8. The minimum atomic E-state index is -4.18. The molecule has 208 valence electrons. The van der Waals surface area contributed by atoms with Crippen LogP contribution in [0.2, 0.25) is 10.0 Å². The highest BCUT2D eigenvalue weighted by molar-refractivity contribution is 7.92. The molecule has 0 aliphatic rings. The van der Waals surface area contributed by atoms with Crippen LogP contribution in [-0.2, 0) is 26.0 Å². The van der Waals surface area contributed by atoms with Gasteiger partial charge in [-0.1, -0.05) is 71.2 Å². The van der Waals surface area contributed by atoms with Gasteiger partial charge in [0, 0.05) is 12.6 Å². The number of anilines is 1. The number of nitrogens with zero attached hydrogens (tertiary/aromatic N) is 2. The van der Waals surface area contributed by atoms with Crippen LogP contribution in [-0.4, -0.2) is 50.3 Å². The van der Waals surface area contributed by atoms with E-state index in [0.29, 0.717) is 6.42 Å². The average Bonchev–Trinajstić information content (AvgIpc) is 2.89. The number of hydrogen-bond acceptors (Lipinski definition) is 4. The lowest BCUT2D eigenvalue weighted by atomic mass is 10.1. The van der Waals surface area contributed by atoms with E-state index in [9.17, 15) is 18.0 Å². The van der Waals surface area contributed by atoms with Gasteiger partial charge in [0.1, 0.15) is 12.6 Å². The SMILES string of the molecule is Cc1ccc(S(=O)(=O)N(CC(=O)N(CCc2ccccc2)C(C)C(=O)NC(C)C)c2ccc(Cl)c(Cl)c2)cc1. The van der Waals surface area contributed by atoms with Crippen LogP contribution in [0.15, 0.2) is 77.7 Å². The van der Waals surface area contributed by atoms with Crippen LogP contribution in [0, 0.1) is 6.92 Å². The smallest absolute Gasteiger partial charge is 0.264 e. The summed E-state index contributed by atoms with van der Waals surface area (Å²) < 4.78 is 28.7. The van der Waals surface area contributed by atoms with Gasteiger partial charge in [-0.05, 0) is 70.0 Å². The number of sulfonamides is 1. The van der Waals surface area contributed by atoms with Crippen molar-refractivity contribution in [2.24, 2.45) is 0 Å². The fraction of sp³-hybridized carbons (Fsp3) is 0.310. The molecular formula is C29H33Cl2N3O4S. The van der Waals surface area contributed by atoms with Crippen LogP contribution >= 0.6 is 23.2 Å². The topological polar surface area (TPSA) is 86.8 Å². The van der Waals surface area contributed by atoms with Crippen molar-refractivity contribution >= 4 is 50.7 Å². The fourth-order valence-electron chi connectivity index (χ4n) is 3.98. The molecule has 3 rings (SSSR count). The molecule has 39 heavy (non-hydrogen) atoms. The number of amides is 2.